The Morgan fingerprint density at radius 1 is 0.593 bits per heavy atom. The van der Waals surface area contributed by atoms with E-state index in [1.807, 2.05) is 38.1 Å². The summed E-state index contributed by atoms with van der Waals surface area (Å²) >= 11 is 0. The van der Waals surface area contributed by atoms with Crippen molar-refractivity contribution in [3.05, 3.63) is 59.7 Å². The van der Waals surface area contributed by atoms with Crippen molar-refractivity contribution in [2.45, 2.75) is 33.1 Å². The normalized spacial score (nSPS) is 11.4. The molecular formula is C23H32O4. The van der Waals surface area contributed by atoms with E-state index in [1.54, 1.807) is 0 Å². The number of hydrogen-bond acceptors (Lipinski definition) is 4. The van der Waals surface area contributed by atoms with E-state index in [-0.39, 0.29) is 5.41 Å². The molecule has 0 fully saturated rings. The molecule has 148 valence electrons. The van der Waals surface area contributed by atoms with Crippen LogP contribution in [-0.4, -0.2) is 39.6 Å². The Hall–Kier alpha value is -2.04. The maximum atomic E-state index is 5.70. The quantitative estimate of drug-likeness (QED) is 0.500. The highest BCUT2D eigenvalue weighted by Crippen LogP contribution is 2.33. The molecule has 27 heavy (non-hydrogen) atoms. The van der Waals surface area contributed by atoms with Crippen LogP contribution >= 0.6 is 0 Å². The lowest BCUT2D eigenvalue weighted by Gasteiger charge is -2.26. The summed E-state index contributed by atoms with van der Waals surface area (Å²) in [6.07, 6.45) is 0. The Kier molecular flexibility index (Phi) is 8.62. The lowest BCUT2D eigenvalue weighted by atomic mass is 9.78. The third kappa shape index (κ3) is 6.56. The molecule has 0 unspecified atom stereocenters. The third-order valence-electron chi connectivity index (χ3n) is 4.55. The maximum absolute atomic E-state index is 5.70. The molecule has 0 aliphatic heterocycles. The van der Waals surface area contributed by atoms with Crippen LogP contribution in [0.15, 0.2) is 48.5 Å². The van der Waals surface area contributed by atoms with Gasteiger partial charge in [0.25, 0.3) is 0 Å². The van der Waals surface area contributed by atoms with E-state index in [4.69, 9.17) is 18.9 Å². The Bertz CT molecular complexity index is 590. The molecule has 4 heteroatoms. The molecule has 0 N–H and O–H groups in total. The van der Waals surface area contributed by atoms with Crippen LogP contribution in [0.3, 0.4) is 0 Å². The SMILES string of the molecule is CCOCCOc1ccc(C(C)(C)c2ccc(OCCOCC)cc2)cc1. The minimum atomic E-state index is -0.103. The summed E-state index contributed by atoms with van der Waals surface area (Å²) in [5, 5.41) is 0. The molecule has 0 aliphatic carbocycles. The van der Waals surface area contributed by atoms with Crippen LogP contribution in [0.25, 0.3) is 0 Å². The van der Waals surface area contributed by atoms with Gasteiger partial charge in [0, 0.05) is 18.6 Å². The zero-order chi connectivity index (χ0) is 19.5. The molecule has 2 aromatic rings. The van der Waals surface area contributed by atoms with Gasteiger partial charge in [-0.05, 0) is 49.2 Å². The fourth-order valence-corrected chi connectivity index (χ4v) is 2.83. The standard InChI is InChI=1S/C23H32O4/c1-5-24-15-17-26-21-11-7-19(8-12-21)23(3,4)20-9-13-22(14-10-20)27-18-16-25-6-2/h7-14H,5-6,15-18H2,1-4H3. The van der Waals surface area contributed by atoms with Crippen molar-refractivity contribution in [2.24, 2.45) is 0 Å². The molecule has 4 nitrogen and oxygen atoms in total. The van der Waals surface area contributed by atoms with Crippen molar-refractivity contribution < 1.29 is 18.9 Å². The Morgan fingerprint density at radius 3 is 1.30 bits per heavy atom. The highest BCUT2D eigenvalue weighted by atomic mass is 16.5. The van der Waals surface area contributed by atoms with Crippen LogP contribution in [0.5, 0.6) is 11.5 Å². The summed E-state index contributed by atoms with van der Waals surface area (Å²) in [6, 6.07) is 16.6. The van der Waals surface area contributed by atoms with Crippen LogP contribution in [0.1, 0.15) is 38.8 Å². The Morgan fingerprint density at radius 2 is 0.963 bits per heavy atom. The summed E-state index contributed by atoms with van der Waals surface area (Å²) in [4.78, 5) is 0. The predicted molar refractivity (Wildman–Crippen MR) is 109 cm³/mol. The first-order valence-corrected chi connectivity index (χ1v) is 9.70. The number of benzene rings is 2. The van der Waals surface area contributed by atoms with E-state index < -0.39 is 0 Å². The molecule has 0 aromatic heterocycles. The van der Waals surface area contributed by atoms with Gasteiger partial charge in [-0.3, -0.25) is 0 Å². The molecular weight excluding hydrogens is 340 g/mol. The van der Waals surface area contributed by atoms with Gasteiger partial charge in [0.15, 0.2) is 0 Å². The average molecular weight is 373 g/mol. The summed E-state index contributed by atoms with van der Waals surface area (Å²) in [7, 11) is 0. The lowest BCUT2D eigenvalue weighted by molar-refractivity contribution is 0.110. The van der Waals surface area contributed by atoms with Crippen molar-refractivity contribution >= 4 is 0 Å². The molecule has 0 saturated carbocycles. The number of ether oxygens (including phenoxy) is 4. The van der Waals surface area contributed by atoms with Gasteiger partial charge in [-0.1, -0.05) is 38.1 Å². The van der Waals surface area contributed by atoms with Gasteiger partial charge in [0.2, 0.25) is 0 Å². The van der Waals surface area contributed by atoms with E-state index in [1.165, 1.54) is 11.1 Å². The molecule has 0 bridgehead atoms. The molecule has 0 amide bonds. The monoisotopic (exact) mass is 372 g/mol. The van der Waals surface area contributed by atoms with E-state index in [0.717, 1.165) is 11.5 Å². The fourth-order valence-electron chi connectivity index (χ4n) is 2.83. The Labute approximate surface area is 163 Å². The van der Waals surface area contributed by atoms with Gasteiger partial charge in [-0.2, -0.15) is 0 Å². The molecule has 0 heterocycles. The fraction of sp³-hybridized carbons (Fsp3) is 0.478. The average Bonchev–Trinajstić information content (AvgIpc) is 2.69. The minimum Gasteiger partial charge on any atom is -0.491 e. The van der Waals surface area contributed by atoms with Gasteiger partial charge in [0.1, 0.15) is 24.7 Å². The summed E-state index contributed by atoms with van der Waals surface area (Å²) < 4.78 is 22.0. The molecule has 0 atom stereocenters. The zero-order valence-electron chi connectivity index (χ0n) is 17.0. The van der Waals surface area contributed by atoms with Crippen molar-refractivity contribution in [1.82, 2.24) is 0 Å². The molecule has 0 aliphatic rings. The predicted octanol–water partition coefficient (Wildman–Crippen LogP) is 4.84. The summed E-state index contributed by atoms with van der Waals surface area (Å²) in [5.74, 6) is 1.74. The highest BCUT2D eigenvalue weighted by molar-refractivity contribution is 5.41. The molecule has 2 rings (SSSR count). The molecule has 0 saturated heterocycles. The van der Waals surface area contributed by atoms with Crippen LogP contribution in [-0.2, 0) is 14.9 Å². The van der Waals surface area contributed by atoms with Crippen LogP contribution in [0.2, 0.25) is 0 Å². The first-order valence-electron chi connectivity index (χ1n) is 9.70. The van der Waals surface area contributed by atoms with E-state index in [0.29, 0.717) is 39.6 Å². The van der Waals surface area contributed by atoms with Gasteiger partial charge < -0.3 is 18.9 Å². The van der Waals surface area contributed by atoms with Gasteiger partial charge in [-0.15, -0.1) is 0 Å². The van der Waals surface area contributed by atoms with Crippen molar-refractivity contribution in [3.63, 3.8) is 0 Å². The van der Waals surface area contributed by atoms with Gasteiger partial charge in [-0.25, -0.2) is 0 Å². The van der Waals surface area contributed by atoms with E-state index in [9.17, 15) is 0 Å². The number of hydrogen-bond donors (Lipinski definition) is 0. The first-order chi connectivity index (χ1) is 13.1. The summed E-state index contributed by atoms with van der Waals surface area (Å²) in [5.41, 5.74) is 2.38. The topological polar surface area (TPSA) is 36.9 Å². The Balaban J connectivity index is 1.96. The first kappa shape index (κ1) is 21.3. The van der Waals surface area contributed by atoms with Crippen molar-refractivity contribution in [3.8, 4) is 11.5 Å². The van der Waals surface area contributed by atoms with Crippen LogP contribution in [0, 0.1) is 0 Å². The van der Waals surface area contributed by atoms with Gasteiger partial charge in [0.05, 0.1) is 13.2 Å². The maximum Gasteiger partial charge on any atom is 0.119 e. The second-order valence-electron chi connectivity index (χ2n) is 6.76. The van der Waals surface area contributed by atoms with E-state index >= 15 is 0 Å². The summed E-state index contributed by atoms with van der Waals surface area (Å²) in [6.45, 7) is 12.2. The molecule has 0 spiro atoms. The second-order valence-corrected chi connectivity index (χ2v) is 6.76. The highest BCUT2D eigenvalue weighted by Gasteiger charge is 2.23. The second kappa shape index (κ2) is 11.0. The van der Waals surface area contributed by atoms with Gasteiger partial charge >= 0.3 is 0 Å². The molecule has 0 radical (unpaired) electrons. The van der Waals surface area contributed by atoms with Crippen LogP contribution in [0.4, 0.5) is 0 Å². The molecule has 2 aromatic carbocycles. The lowest BCUT2D eigenvalue weighted by Crippen LogP contribution is -2.18. The smallest absolute Gasteiger partial charge is 0.119 e. The number of rotatable bonds is 12. The van der Waals surface area contributed by atoms with E-state index in [2.05, 4.69) is 38.1 Å². The van der Waals surface area contributed by atoms with Crippen molar-refractivity contribution in [1.29, 1.82) is 0 Å². The van der Waals surface area contributed by atoms with Crippen LogP contribution < -0.4 is 9.47 Å². The third-order valence-corrected chi connectivity index (χ3v) is 4.55. The van der Waals surface area contributed by atoms with Crippen molar-refractivity contribution in [2.75, 3.05) is 39.6 Å². The minimum absolute atomic E-state index is 0.103. The zero-order valence-corrected chi connectivity index (χ0v) is 17.0. The largest absolute Gasteiger partial charge is 0.491 e.